The number of fused-ring (bicyclic) bond motifs is 7. The third-order valence-electron chi connectivity index (χ3n) is 9.17. The van der Waals surface area contributed by atoms with Crippen molar-refractivity contribution in [1.29, 1.82) is 0 Å². The van der Waals surface area contributed by atoms with Gasteiger partial charge >= 0.3 is 0 Å². The van der Waals surface area contributed by atoms with E-state index in [9.17, 15) is 0 Å². The van der Waals surface area contributed by atoms with Gasteiger partial charge in [0.25, 0.3) is 0 Å². The molecule has 228 valence electrons. The van der Waals surface area contributed by atoms with Crippen molar-refractivity contribution in [2.45, 2.75) is 6.92 Å². The minimum atomic E-state index is 0.634. The lowest BCUT2D eigenvalue weighted by molar-refractivity contribution is 1.03. The summed E-state index contributed by atoms with van der Waals surface area (Å²) in [4.78, 5) is 17.4. The Kier molecular flexibility index (Phi) is 6.68. The van der Waals surface area contributed by atoms with E-state index < -0.39 is 0 Å². The molecule has 48 heavy (non-hydrogen) atoms. The summed E-state index contributed by atoms with van der Waals surface area (Å²) in [6.07, 6.45) is 0. The summed E-state index contributed by atoms with van der Waals surface area (Å²) in [5.74, 6) is 1.93. The van der Waals surface area contributed by atoms with Crippen LogP contribution in [-0.4, -0.2) is 26.1 Å². The lowest BCUT2D eigenvalue weighted by Crippen LogP contribution is -2.16. The predicted octanol–water partition coefficient (Wildman–Crippen LogP) is 10.6. The van der Waals surface area contributed by atoms with E-state index in [2.05, 4.69) is 113 Å². The Morgan fingerprint density at radius 1 is 0.479 bits per heavy atom. The molecule has 0 amide bonds. The molecule has 0 fully saturated rings. The fourth-order valence-electron chi connectivity index (χ4n) is 7.06. The van der Waals surface area contributed by atoms with Crippen LogP contribution in [0, 0.1) is 0 Å². The molecule has 5 nitrogen and oxygen atoms in total. The van der Waals surface area contributed by atoms with Crippen LogP contribution in [0.3, 0.4) is 0 Å². The van der Waals surface area contributed by atoms with Crippen LogP contribution in [0.5, 0.6) is 0 Å². The third kappa shape index (κ3) is 4.51. The minimum absolute atomic E-state index is 0.634. The highest BCUT2D eigenvalue weighted by Crippen LogP contribution is 2.52. The Bertz CT molecular complexity index is 2390. The van der Waals surface area contributed by atoms with E-state index in [1.165, 1.54) is 39.1 Å². The Morgan fingerprint density at radius 3 is 1.67 bits per heavy atom. The van der Waals surface area contributed by atoms with E-state index in [0.717, 1.165) is 34.4 Å². The molecule has 8 aromatic rings. The molecule has 0 spiro atoms. The number of hydrogen-bond donors (Lipinski definition) is 0. The van der Waals surface area contributed by atoms with E-state index in [-0.39, 0.29) is 0 Å². The van der Waals surface area contributed by atoms with Crippen LogP contribution < -0.4 is 4.90 Å². The summed E-state index contributed by atoms with van der Waals surface area (Å²) < 4.78 is 2.42. The average Bonchev–Trinajstić information content (AvgIpc) is 3.45. The summed E-state index contributed by atoms with van der Waals surface area (Å²) in [5.41, 5.74) is 12.3. The molecule has 1 aliphatic heterocycles. The van der Waals surface area contributed by atoms with Crippen LogP contribution >= 0.6 is 0 Å². The monoisotopic (exact) mass is 617 g/mol. The van der Waals surface area contributed by atoms with Gasteiger partial charge in [-0.05, 0) is 37.3 Å². The summed E-state index contributed by atoms with van der Waals surface area (Å²) in [6.45, 7) is 3.08. The summed E-state index contributed by atoms with van der Waals surface area (Å²) in [7, 11) is 0. The Balaban J connectivity index is 1.31. The fraction of sp³-hybridized carbons (Fsp3) is 0.0465. The molecule has 0 bridgehead atoms. The summed E-state index contributed by atoms with van der Waals surface area (Å²) in [5, 5.41) is 1.22. The van der Waals surface area contributed by atoms with Crippen molar-refractivity contribution in [1.82, 2.24) is 19.5 Å². The predicted molar refractivity (Wildman–Crippen MR) is 197 cm³/mol. The Labute approximate surface area is 279 Å². The van der Waals surface area contributed by atoms with Crippen molar-refractivity contribution < 1.29 is 0 Å². The first-order chi connectivity index (χ1) is 23.8. The highest BCUT2D eigenvalue weighted by atomic mass is 15.1. The van der Waals surface area contributed by atoms with Crippen LogP contribution in [0.2, 0.25) is 0 Å². The van der Waals surface area contributed by atoms with Crippen LogP contribution in [0.25, 0.3) is 73.1 Å². The van der Waals surface area contributed by atoms with Crippen LogP contribution in [0.1, 0.15) is 6.92 Å². The molecule has 0 aliphatic carbocycles. The van der Waals surface area contributed by atoms with Gasteiger partial charge in [-0.25, -0.2) is 15.0 Å². The number of nitrogens with zero attached hydrogens (tertiary/aromatic N) is 5. The first-order valence-electron chi connectivity index (χ1n) is 16.4. The van der Waals surface area contributed by atoms with Gasteiger partial charge in [0.2, 0.25) is 0 Å². The Hall–Kier alpha value is -6.33. The van der Waals surface area contributed by atoms with E-state index in [4.69, 9.17) is 15.0 Å². The van der Waals surface area contributed by atoms with Gasteiger partial charge < -0.3 is 9.47 Å². The molecule has 1 aliphatic rings. The van der Waals surface area contributed by atoms with Crippen molar-refractivity contribution in [2.75, 3.05) is 11.4 Å². The second kappa shape index (κ2) is 11.5. The van der Waals surface area contributed by atoms with Crippen molar-refractivity contribution in [3.63, 3.8) is 0 Å². The van der Waals surface area contributed by atoms with Gasteiger partial charge in [-0.3, -0.25) is 0 Å². The molecule has 0 N–H and O–H groups in total. The molecule has 3 heterocycles. The zero-order chi connectivity index (χ0) is 32.0. The van der Waals surface area contributed by atoms with Gasteiger partial charge in [0.1, 0.15) is 0 Å². The SMILES string of the molecule is CCN1c2ccccc2-c2c(n(-c3cccc(-c4nc(-c5ccccc5)nc(-c5ccccc5)n4)c3)c3ccccc23)-c2ccccc21. The highest BCUT2D eigenvalue weighted by molar-refractivity contribution is 6.11. The zero-order valence-electron chi connectivity index (χ0n) is 26.5. The molecule has 0 saturated heterocycles. The first kappa shape index (κ1) is 27.9. The van der Waals surface area contributed by atoms with Crippen LogP contribution in [-0.2, 0) is 0 Å². The first-order valence-corrected chi connectivity index (χ1v) is 16.4. The topological polar surface area (TPSA) is 46.8 Å². The van der Waals surface area contributed by atoms with E-state index in [1.807, 2.05) is 60.7 Å². The minimum Gasteiger partial charge on any atom is -0.341 e. The quantitative estimate of drug-likeness (QED) is 0.193. The summed E-state index contributed by atoms with van der Waals surface area (Å²) >= 11 is 0. The van der Waals surface area contributed by atoms with Crippen molar-refractivity contribution >= 4 is 22.3 Å². The van der Waals surface area contributed by atoms with E-state index in [1.54, 1.807) is 0 Å². The molecule has 5 heteroatoms. The largest absolute Gasteiger partial charge is 0.341 e. The summed E-state index contributed by atoms with van der Waals surface area (Å²) in [6, 6.07) is 55.1. The van der Waals surface area contributed by atoms with Gasteiger partial charge in [-0.15, -0.1) is 0 Å². The lowest BCUT2D eigenvalue weighted by atomic mass is 9.98. The maximum Gasteiger partial charge on any atom is 0.164 e. The van der Waals surface area contributed by atoms with Crippen molar-refractivity contribution in [3.8, 4) is 62.2 Å². The molecule has 0 radical (unpaired) electrons. The van der Waals surface area contributed by atoms with E-state index in [0.29, 0.717) is 17.5 Å². The molecular formula is C43H31N5. The highest BCUT2D eigenvalue weighted by Gasteiger charge is 2.30. The average molecular weight is 618 g/mol. The van der Waals surface area contributed by atoms with Crippen LogP contribution in [0.4, 0.5) is 11.4 Å². The molecule has 0 unspecified atom stereocenters. The van der Waals surface area contributed by atoms with Gasteiger partial charge in [0.15, 0.2) is 17.5 Å². The van der Waals surface area contributed by atoms with Gasteiger partial charge in [0, 0.05) is 56.7 Å². The molecule has 0 atom stereocenters. The number of anilines is 2. The normalized spacial score (nSPS) is 11.9. The maximum absolute atomic E-state index is 5.04. The molecule has 9 rings (SSSR count). The Morgan fingerprint density at radius 2 is 1.00 bits per heavy atom. The molecular weight excluding hydrogens is 587 g/mol. The fourth-order valence-corrected chi connectivity index (χ4v) is 7.06. The number of rotatable bonds is 5. The lowest BCUT2D eigenvalue weighted by Gasteiger charge is -2.25. The number of para-hydroxylation sites is 3. The number of aromatic nitrogens is 4. The maximum atomic E-state index is 5.04. The second-order valence-corrected chi connectivity index (χ2v) is 11.9. The van der Waals surface area contributed by atoms with Crippen molar-refractivity contribution in [2.24, 2.45) is 0 Å². The number of hydrogen-bond acceptors (Lipinski definition) is 4. The second-order valence-electron chi connectivity index (χ2n) is 11.9. The van der Waals surface area contributed by atoms with Gasteiger partial charge in [-0.2, -0.15) is 0 Å². The third-order valence-corrected chi connectivity index (χ3v) is 9.17. The van der Waals surface area contributed by atoms with Gasteiger partial charge in [0.05, 0.1) is 16.9 Å². The van der Waals surface area contributed by atoms with Crippen molar-refractivity contribution in [3.05, 3.63) is 158 Å². The van der Waals surface area contributed by atoms with Gasteiger partial charge in [-0.1, -0.05) is 127 Å². The van der Waals surface area contributed by atoms with E-state index >= 15 is 0 Å². The van der Waals surface area contributed by atoms with Crippen LogP contribution in [0.15, 0.2) is 158 Å². The standard InChI is InChI=1S/C43H31N5/c1-2-47-36-25-12-9-22-33(36)39-34-23-10-14-27-38(34)48(40(39)35-24-11-13-26-37(35)47)32-21-15-20-31(28-32)43-45-41(29-16-5-3-6-17-29)44-42(46-43)30-18-7-4-8-19-30/h3-28H,2H2,1H3. The molecule has 6 aromatic carbocycles. The number of benzene rings is 6. The molecule has 0 saturated carbocycles. The molecule has 2 aromatic heterocycles. The zero-order valence-corrected chi connectivity index (χ0v) is 26.5. The smallest absolute Gasteiger partial charge is 0.164 e.